The van der Waals surface area contributed by atoms with Crippen molar-refractivity contribution in [1.29, 1.82) is 0 Å². The van der Waals surface area contributed by atoms with Crippen LogP contribution in [0.25, 0.3) is 0 Å². The fraction of sp³-hybridized carbons (Fsp3) is 0.522. The van der Waals surface area contributed by atoms with Crippen LogP contribution >= 0.6 is 0 Å². The first kappa shape index (κ1) is 69.5. The van der Waals surface area contributed by atoms with Crippen molar-refractivity contribution in [2.24, 2.45) is 0 Å². The lowest BCUT2D eigenvalue weighted by Crippen LogP contribution is -2.30. The molecule has 6 nitrogen and oxygen atoms in total. The highest BCUT2D eigenvalue weighted by molar-refractivity contribution is 5.71. The standard InChI is InChI=1S/C69H104O6/c1-4-7-10-13-16-19-22-25-27-29-31-33-34-36-37-39-41-44-47-50-53-56-59-62-68(71)74-65-66(64-73-67(70)61-58-55-52-49-46-43-24-21-18-15-12-9-6-3)75-69(72)63-60-57-54-51-48-45-42-40-38-35-32-30-28-26-23-20-17-14-11-8-5-2/h7-12,16-21,25-28,31-33,35-37,41,43-44,46,50,52-53,55,66H,4-6,13-15,22-24,29-30,34,38-40,42,45,47-49,51,54,56-65H2,1-3H3/b10-7-,11-8-,12-9-,19-16-,20-17-,21-18-,27-25-,28-26-,33-31-,35-32-,37-36-,44-41-,46-43-,53-50-,55-52-. The lowest BCUT2D eigenvalue weighted by Gasteiger charge is -2.18. The van der Waals surface area contributed by atoms with Crippen molar-refractivity contribution in [2.45, 2.75) is 219 Å². The number of esters is 3. The van der Waals surface area contributed by atoms with Gasteiger partial charge in [-0.3, -0.25) is 14.4 Å². The molecule has 0 aliphatic rings. The quantitative estimate of drug-likeness (QED) is 0.0261. The highest BCUT2D eigenvalue weighted by Gasteiger charge is 2.19. The zero-order valence-corrected chi connectivity index (χ0v) is 47.5. The summed E-state index contributed by atoms with van der Waals surface area (Å²) in [6, 6.07) is 0. The number of carbonyl (C=O) groups is 3. The van der Waals surface area contributed by atoms with Crippen LogP contribution in [0, 0.1) is 0 Å². The molecule has 0 aliphatic carbocycles. The Labute approximate surface area is 459 Å². The van der Waals surface area contributed by atoms with Gasteiger partial charge in [-0.15, -0.1) is 0 Å². The highest BCUT2D eigenvalue weighted by atomic mass is 16.6. The van der Waals surface area contributed by atoms with E-state index < -0.39 is 6.10 Å². The van der Waals surface area contributed by atoms with Crippen LogP contribution < -0.4 is 0 Å². The van der Waals surface area contributed by atoms with Gasteiger partial charge >= 0.3 is 17.9 Å². The summed E-state index contributed by atoms with van der Waals surface area (Å²) < 4.78 is 16.7. The first-order valence-corrected chi connectivity index (χ1v) is 29.3. The Morgan fingerprint density at radius 2 is 0.520 bits per heavy atom. The minimum atomic E-state index is -0.847. The average Bonchev–Trinajstić information content (AvgIpc) is 3.41. The Kier molecular flexibility index (Phi) is 56.6. The Hall–Kier alpha value is -5.49. The van der Waals surface area contributed by atoms with E-state index in [1.807, 2.05) is 12.2 Å². The lowest BCUT2D eigenvalue weighted by molar-refractivity contribution is -0.166. The molecule has 6 heteroatoms. The summed E-state index contributed by atoms with van der Waals surface area (Å²) in [6.45, 7) is 6.15. The molecule has 0 radical (unpaired) electrons. The van der Waals surface area contributed by atoms with E-state index in [9.17, 15) is 14.4 Å². The van der Waals surface area contributed by atoms with E-state index in [1.165, 1.54) is 25.7 Å². The van der Waals surface area contributed by atoms with Crippen LogP contribution in [-0.2, 0) is 28.6 Å². The normalized spacial score (nSPS) is 13.5. The van der Waals surface area contributed by atoms with Crippen molar-refractivity contribution in [2.75, 3.05) is 13.2 Å². The third kappa shape index (κ3) is 59.3. The zero-order chi connectivity index (χ0) is 54.3. The van der Waals surface area contributed by atoms with Crippen molar-refractivity contribution in [3.63, 3.8) is 0 Å². The van der Waals surface area contributed by atoms with E-state index in [2.05, 4.69) is 191 Å². The number of carbonyl (C=O) groups excluding carboxylic acids is 3. The molecule has 0 rings (SSSR count). The van der Waals surface area contributed by atoms with E-state index in [0.717, 1.165) is 135 Å². The van der Waals surface area contributed by atoms with Gasteiger partial charge < -0.3 is 14.2 Å². The van der Waals surface area contributed by atoms with Crippen LogP contribution in [0.2, 0.25) is 0 Å². The molecule has 0 aromatic rings. The fourth-order valence-corrected chi connectivity index (χ4v) is 7.14. The Balaban J connectivity index is 4.57. The second kappa shape index (κ2) is 61.1. The van der Waals surface area contributed by atoms with Crippen LogP contribution in [0.3, 0.4) is 0 Å². The predicted molar refractivity (Wildman–Crippen MR) is 324 cm³/mol. The fourth-order valence-electron chi connectivity index (χ4n) is 7.14. The van der Waals surface area contributed by atoms with E-state index >= 15 is 0 Å². The first-order valence-electron chi connectivity index (χ1n) is 29.3. The van der Waals surface area contributed by atoms with E-state index in [-0.39, 0.29) is 50.4 Å². The minimum Gasteiger partial charge on any atom is -0.462 e. The lowest BCUT2D eigenvalue weighted by atomic mass is 10.1. The second-order valence-electron chi connectivity index (χ2n) is 18.4. The van der Waals surface area contributed by atoms with Crippen molar-refractivity contribution in [3.8, 4) is 0 Å². The third-order valence-electron chi connectivity index (χ3n) is 11.4. The molecule has 0 aromatic heterocycles. The monoisotopic (exact) mass is 1030 g/mol. The van der Waals surface area contributed by atoms with Crippen molar-refractivity contribution >= 4 is 17.9 Å². The second-order valence-corrected chi connectivity index (χ2v) is 18.4. The molecule has 416 valence electrons. The average molecular weight is 1030 g/mol. The van der Waals surface area contributed by atoms with Crippen molar-refractivity contribution in [3.05, 3.63) is 182 Å². The summed E-state index contributed by atoms with van der Waals surface area (Å²) in [5.41, 5.74) is 0. The number of allylic oxidation sites excluding steroid dienone is 30. The molecule has 0 saturated heterocycles. The zero-order valence-electron chi connectivity index (χ0n) is 47.5. The molecule has 0 amide bonds. The van der Waals surface area contributed by atoms with Gasteiger partial charge in [-0.25, -0.2) is 0 Å². The summed E-state index contributed by atoms with van der Waals surface area (Å²) in [7, 11) is 0. The smallest absolute Gasteiger partial charge is 0.306 e. The molecule has 1 atom stereocenters. The van der Waals surface area contributed by atoms with Crippen LogP contribution in [0.5, 0.6) is 0 Å². The molecule has 0 fully saturated rings. The number of ether oxygens (including phenoxy) is 3. The molecule has 0 N–H and O–H groups in total. The third-order valence-corrected chi connectivity index (χ3v) is 11.4. The molecule has 0 aliphatic heterocycles. The minimum absolute atomic E-state index is 0.143. The van der Waals surface area contributed by atoms with E-state index in [0.29, 0.717) is 12.8 Å². The number of unbranched alkanes of at least 4 members (excludes halogenated alkanes) is 9. The Bertz CT molecular complexity index is 1800. The Morgan fingerprint density at radius 1 is 0.267 bits per heavy atom. The molecular formula is C69H104O6. The van der Waals surface area contributed by atoms with Crippen LogP contribution in [0.1, 0.15) is 213 Å². The van der Waals surface area contributed by atoms with Crippen LogP contribution in [0.15, 0.2) is 182 Å². The van der Waals surface area contributed by atoms with Gasteiger partial charge in [0.15, 0.2) is 6.10 Å². The summed E-state index contributed by atoms with van der Waals surface area (Å²) in [6.07, 6.45) is 91.9. The van der Waals surface area contributed by atoms with Crippen molar-refractivity contribution < 1.29 is 28.6 Å². The van der Waals surface area contributed by atoms with Crippen LogP contribution in [-0.4, -0.2) is 37.2 Å². The maximum absolute atomic E-state index is 12.9. The first-order chi connectivity index (χ1) is 37.0. The molecule has 0 saturated carbocycles. The molecule has 0 spiro atoms. The molecule has 1 unspecified atom stereocenters. The molecule has 0 bridgehead atoms. The SMILES string of the molecule is CC/C=C\C/C=C\C/C=C\C/C=C\C/C=C\C/C=C\C/C=C\CCCC(=O)OCC(COC(=O)CC/C=C\C/C=C\C/C=C\C/C=C\CC)OC(=O)CCCCCCCCCC/C=C\C/C=C\C/C=C\C/C=C\CC. The summed E-state index contributed by atoms with van der Waals surface area (Å²) in [4.78, 5) is 38.1. The summed E-state index contributed by atoms with van der Waals surface area (Å²) in [5.74, 6) is -1.10. The number of rotatable bonds is 50. The van der Waals surface area contributed by atoms with Gasteiger partial charge in [0.1, 0.15) is 13.2 Å². The van der Waals surface area contributed by atoms with Gasteiger partial charge in [-0.1, -0.05) is 242 Å². The van der Waals surface area contributed by atoms with Crippen molar-refractivity contribution in [1.82, 2.24) is 0 Å². The van der Waals surface area contributed by atoms with Gasteiger partial charge in [0.05, 0.1) is 0 Å². The van der Waals surface area contributed by atoms with Gasteiger partial charge in [0.25, 0.3) is 0 Å². The predicted octanol–water partition coefficient (Wildman–Crippen LogP) is 20.1. The van der Waals surface area contributed by atoms with Gasteiger partial charge in [-0.05, 0) is 135 Å². The topological polar surface area (TPSA) is 78.9 Å². The largest absolute Gasteiger partial charge is 0.462 e. The summed E-state index contributed by atoms with van der Waals surface area (Å²) >= 11 is 0. The Morgan fingerprint density at radius 3 is 0.867 bits per heavy atom. The molecule has 0 aromatic carbocycles. The number of hydrogen-bond acceptors (Lipinski definition) is 6. The molecule has 75 heavy (non-hydrogen) atoms. The maximum Gasteiger partial charge on any atom is 0.306 e. The maximum atomic E-state index is 12.9. The molecule has 0 heterocycles. The molecular weight excluding hydrogens is 925 g/mol. The van der Waals surface area contributed by atoms with Gasteiger partial charge in [-0.2, -0.15) is 0 Å². The number of hydrogen-bond donors (Lipinski definition) is 0. The van der Waals surface area contributed by atoms with Crippen LogP contribution in [0.4, 0.5) is 0 Å². The highest BCUT2D eigenvalue weighted by Crippen LogP contribution is 2.13. The van der Waals surface area contributed by atoms with Gasteiger partial charge in [0, 0.05) is 19.3 Å². The summed E-state index contributed by atoms with van der Waals surface area (Å²) in [5, 5.41) is 0. The van der Waals surface area contributed by atoms with E-state index in [1.54, 1.807) is 0 Å². The van der Waals surface area contributed by atoms with Gasteiger partial charge in [0.2, 0.25) is 0 Å². The van der Waals surface area contributed by atoms with E-state index in [4.69, 9.17) is 14.2 Å².